The lowest BCUT2D eigenvalue weighted by Gasteiger charge is -2.13. The van der Waals surface area contributed by atoms with Gasteiger partial charge in [-0.05, 0) is 37.3 Å². The Morgan fingerprint density at radius 1 is 1.50 bits per heavy atom. The number of hydrogen-bond acceptors (Lipinski definition) is 5. The molecule has 1 saturated carbocycles. The Balaban J connectivity index is 1.60. The molecule has 5 nitrogen and oxygen atoms in total. The van der Waals surface area contributed by atoms with Crippen molar-refractivity contribution in [3.8, 4) is 0 Å². The van der Waals surface area contributed by atoms with Crippen LogP contribution in [0.2, 0.25) is 0 Å². The first kappa shape index (κ1) is 17.2. The standard InChI is InChI=1S/C17H19NO4S2/c1-10-8-12(10)13-6-5-11(22-13)9-14-16(21)18(17(23)24-14)7-3-2-4-15(19)20/h5-6,9-10,12H,2-4,7-8H2,1H3,(H,19,20)/b14-9-/t10-,12-/m1/s1. The molecule has 7 heteroatoms. The number of thiocarbonyl (C=S) groups is 1. The molecule has 2 aliphatic rings. The summed E-state index contributed by atoms with van der Waals surface area (Å²) in [6, 6.07) is 3.87. The number of amides is 1. The Hall–Kier alpha value is -1.60. The van der Waals surface area contributed by atoms with E-state index in [0.717, 1.165) is 12.2 Å². The number of carboxylic acids is 1. The molecule has 1 aliphatic heterocycles. The highest BCUT2D eigenvalue weighted by Gasteiger charge is 2.37. The Morgan fingerprint density at radius 3 is 2.92 bits per heavy atom. The summed E-state index contributed by atoms with van der Waals surface area (Å²) in [6.07, 6.45) is 4.17. The number of furan rings is 1. The normalized spacial score (nSPS) is 24.9. The minimum Gasteiger partial charge on any atom is -0.481 e. The zero-order chi connectivity index (χ0) is 17.3. The van der Waals surface area contributed by atoms with Crippen LogP contribution in [0.3, 0.4) is 0 Å². The average Bonchev–Trinajstić information content (AvgIpc) is 2.97. The topological polar surface area (TPSA) is 70.8 Å². The molecule has 2 heterocycles. The Kier molecular flexibility index (Phi) is 5.10. The molecule has 128 valence electrons. The second-order valence-electron chi connectivity index (χ2n) is 6.24. The molecule has 3 rings (SSSR count). The van der Waals surface area contributed by atoms with Crippen LogP contribution in [-0.2, 0) is 9.59 Å². The molecular formula is C17H19NO4S2. The molecule has 0 aromatic carbocycles. The number of nitrogens with zero attached hydrogens (tertiary/aromatic N) is 1. The molecule has 1 aliphatic carbocycles. The smallest absolute Gasteiger partial charge is 0.303 e. The lowest BCUT2D eigenvalue weighted by Crippen LogP contribution is -2.29. The van der Waals surface area contributed by atoms with Gasteiger partial charge in [-0.2, -0.15) is 0 Å². The molecule has 0 spiro atoms. The zero-order valence-corrected chi connectivity index (χ0v) is 15.0. The summed E-state index contributed by atoms with van der Waals surface area (Å²) < 4.78 is 6.33. The number of unbranched alkanes of at least 4 members (excludes halogenated alkanes) is 1. The van der Waals surface area contributed by atoms with E-state index in [4.69, 9.17) is 21.7 Å². The third-order valence-electron chi connectivity index (χ3n) is 4.29. The third-order valence-corrected chi connectivity index (χ3v) is 5.67. The van der Waals surface area contributed by atoms with E-state index in [1.165, 1.54) is 11.8 Å². The van der Waals surface area contributed by atoms with Crippen molar-refractivity contribution in [1.29, 1.82) is 0 Å². The largest absolute Gasteiger partial charge is 0.481 e. The maximum atomic E-state index is 12.4. The summed E-state index contributed by atoms with van der Waals surface area (Å²) in [5.74, 6) is 1.90. The van der Waals surface area contributed by atoms with Crippen LogP contribution in [0, 0.1) is 5.92 Å². The van der Waals surface area contributed by atoms with Crippen LogP contribution in [0.25, 0.3) is 6.08 Å². The van der Waals surface area contributed by atoms with E-state index in [1.54, 1.807) is 11.0 Å². The first-order valence-corrected chi connectivity index (χ1v) is 9.25. The fourth-order valence-electron chi connectivity index (χ4n) is 2.73. The fraction of sp³-hybridized carbons (Fsp3) is 0.471. The van der Waals surface area contributed by atoms with Gasteiger partial charge in [0, 0.05) is 25.0 Å². The molecule has 24 heavy (non-hydrogen) atoms. The molecule has 0 bridgehead atoms. The van der Waals surface area contributed by atoms with Crippen LogP contribution in [0.1, 0.15) is 50.0 Å². The number of rotatable bonds is 7. The lowest BCUT2D eigenvalue weighted by molar-refractivity contribution is -0.137. The summed E-state index contributed by atoms with van der Waals surface area (Å²) in [5.41, 5.74) is 0. The van der Waals surface area contributed by atoms with Gasteiger partial charge < -0.3 is 9.52 Å². The first-order valence-electron chi connectivity index (χ1n) is 8.02. The second-order valence-corrected chi connectivity index (χ2v) is 7.92. The van der Waals surface area contributed by atoms with Gasteiger partial charge in [0.2, 0.25) is 0 Å². The molecule has 1 N–H and O–H groups in total. The predicted molar refractivity (Wildman–Crippen MR) is 96.6 cm³/mol. The summed E-state index contributed by atoms with van der Waals surface area (Å²) in [5, 5.41) is 8.65. The lowest BCUT2D eigenvalue weighted by atomic mass is 10.2. The highest BCUT2D eigenvalue weighted by atomic mass is 32.2. The van der Waals surface area contributed by atoms with Gasteiger partial charge in [-0.15, -0.1) is 0 Å². The van der Waals surface area contributed by atoms with E-state index in [0.29, 0.717) is 46.2 Å². The number of aliphatic carboxylic acids is 1. The van der Waals surface area contributed by atoms with Crippen LogP contribution in [0.5, 0.6) is 0 Å². The maximum absolute atomic E-state index is 12.4. The number of carbonyl (C=O) groups is 2. The zero-order valence-electron chi connectivity index (χ0n) is 13.4. The van der Waals surface area contributed by atoms with E-state index in [-0.39, 0.29) is 12.3 Å². The summed E-state index contributed by atoms with van der Waals surface area (Å²) in [7, 11) is 0. The third kappa shape index (κ3) is 3.89. The second kappa shape index (κ2) is 7.11. The van der Waals surface area contributed by atoms with Crippen LogP contribution >= 0.6 is 24.0 Å². The summed E-state index contributed by atoms with van der Waals surface area (Å²) in [6.45, 7) is 2.65. The van der Waals surface area contributed by atoms with E-state index in [1.807, 2.05) is 12.1 Å². The minimum absolute atomic E-state index is 0.111. The Labute approximate surface area is 150 Å². The van der Waals surface area contributed by atoms with Gasteiger partial charge in [0.15, 0.2) is 0 Å². The molecule has 1 amide bonds. The van der Waals surface area contributed by atoms with Crippen molar-refractivity contribution in [3.63, 3.8) is 0 Å². The van der Waals surface area contributed by atoms with E-state index in [9.17, 15) is 9.59 Å². The van der Waals surface area contributed by atoms with E-state index < -0.39 is 5.97 Å². The minimum atomic E-state index is -0.820. The molecular weight excluding hydrogens is 346 g/mol. The molecule has 0 unspecified atom stereocenters. The highest BCUT2D eigenvalue weighted by molar-refractivity contribution is 8.26. The van der Waals surface area contributed by atoms with Crippen molar-refractivity contribution in [2.24, 2.45) is 5.92 Å². The SMILES string of the molecule is C[C@@H]1C[C@H]1c1ccc(/C=C2\SC(=S)N(CCCCC(=O)O)C2=O)o1. The first-order chi connectivity index (χ1) is 11.5. The molecule has 1 aromatic rings. The summed E-state index contributed by atoms with van der Waals surface area (Å²) in [4.78, 5) is 25.1. The molecule has 2 fully saturated rings. The fourth-order valence-corrected chi connectivity index (χ4v) is 4.02. The highest BCUT2D eigenvalue weighted by Crippen LogP contribution is 2.47. The number of carbonyl (C=O) groups excluding carboxylic acids is 1. The molecule has 1 saturated heterocycles. The van der Waals surface area contributed by atoms with Gasteiger partial charge in [-0.3, -0.25) is 14.5 Å². The van der Waals surface area contributed by atoms with Gasteiger partial charge in [-0.1, -0.05) is 30.9 Å². The number of thioether (sulfide) groups is 1. The predicted octanol–water partition coefficient (Wildman–Crippen LogP) is 3.86. The molecule has 0 radical (unpaired) electrons. The van der Waals surface area contributed by atoms with E-state index >= 15 is 0 Å². The van der Waals surface area contributed by atoms with Gasteiger partial charge in [-0.25, -0.2) is 0 Å². The van der Waals surface area contributed by atoms with Gasteiger partial charge in [0.05, 0.1) is 4.91 Å². The van der Waals surface area contributed by atoms with Crippen LogP contribution in [0.4, 0.5) is 0 Å². The average molecular weight is 365 g/mol. The van der Waals surface area contributed by atoms with Crippen molar-refractivity contribution in [3.05, 3.63) is 28.6 Å². The van der Waals surface area contributed by atoms with Crippen molar-refractivity contribution in [2.75, 3.05) is 6.54 Å². The number of hydrogen-bond donors (Lipinski definition) is 1. The molecule has 2 atom stereocenters. The van der Waals surface area contributed by atoms with Gasteiger partial charge in [0.25, 0.3) is 5.91 Å². The van der Waals surface area contributed by atoms with Crippen molar-refractivity contribution in [1.82, 2.24) is 4.90 Å². The Bertz CT molecular complexity index is 709. The van der Waals surface area contributed by atoms with Crippen LogP contribution < -0.4 is 0 Å². The summed E-state index contributed by atoms with van der Waals surface area (Å²) >= 11 is 6.53. The number of carboxylic acid groups (broad SMARTS) is 1. The van der Waals surface area contributed by atoms with Gasteiger partial charge in [0.1, 0.15) is 15.8 Å². The monoisotopic (exact) mass is 365 g/mol. The van der Waals surface area contributed by atoms with Gasteiger partial charge >= 0.3 is 5.97 Å². The quantitative estimate of drug-likeness (QED) is 0.449. The van der Waals surface area contributed by atoms with Crippen LogP contribution in [-0.4, -0.2) is 32.7 Å². The molecule has 1 aromatic heterocycles. The Morgan fingerprint density at radius 2 is 2.25 bits per heavy atom. The maximum Gasteiger partial charge on any atom is 0.303 e. The van der Waals surface area contributed by atoms with Crippen molar-refractivity contribution < 1.29 is 19.1 Å². The van der Waals surface area contributed by atoms with Crippen molar-refractivity contribution >= 4 is 46.3 Å². The van der Waals surface area contributed by atoms with Crippen LogP contribution in [0.15, 0.2) is 21.5 Å². The van der Waals surface area contributed by atoms with E-state index in [2.05, 4.69) is 6.92 Å². The van der Waals surface area contributed by atoms with Crippen molar-refractivity contribution in [2.45, 2.75) is 38.5 Å².